The Kier molecular flexibility index (Phi) is 8.17. The minimum absolute atomic E-state index is 0.00713. The molecule has 0 aliphatic carbocycles. The molecule has 0 radical (unpaired) electrons. The van der Waals surface area contributed by atoms with Crippen LogP contribution in [0.4, 0.5) is 5.69 Å². The fourth-order valence-electron chi connectivity index (χ4n) is 4.05. The predicted molar refractivity (Wildman–Crippen MR) is 149 cm³/mol. The monoisotopic (exact) mass is 588 g/mol. The number of hydrogen-bond donors (Lipinski definition) is 2. The minimum atomic E-state index is -4.21. The number of hydrogen-bond acceptors (Lipinski definition) is 7. The van der Waals surface area contributed by atoms with Crippen LogP contribution in [0.2, 0.25) is 5.02 Å². The number of halogens is 1. The van der Waals surface area contributed by atoms with E-state index in [2.05, 4.69) is 4.72 Å². The number of benzene rings is 4. The summed E-state index contributed by atoms with van der Waals surface area (Å²) in [6.07, 6.45) is -0.206. The van der Waals surface area contributed by atoms with E-state index in [1.165, 1.54) is 48.5 Å². The summed E-state index contributed by atoms with van der Waals surface area (Å²) in [6, 6.07) is 20.2. The Bertz CT molecular complexity index is 1740. The van der Waals surface area contributed by atoms with Crippen LogP contribution in [0.1, 0.15) is 5.56 Å². The van der Waals surface area contributed by atoms with Crippen LogP contribution in [0.3, 0.4) is 0 Å². The molecule has 0 spiro atoms. The van der Waals surface area contributed by atoms with Crippen LogP contribution in [-0.2, 0) is 31.4 Å². The summed E-state index contributed by atoms with van der Waals surface area (Å²) in [5, 5.41) is 10.8. The molecule has 39 heavy (non-hydrogen) atoms. The van der Waals surface area contributed by atoms with E-state index in [1.54, 1.807) is 24.3 Å². The number of rotatable bonds is 10. The lowest BCUT2D eigenvalue weighted by molar-refractivity contribution is -0.138. The van der Waals surface area contributed by atoms with Gasteiger partial charge >= 0.3 is 16.1 Å². The SMILES string of the molecule is CN(C)c1cccc2c(S(=O)(=O)Oc3ccc(C[C@H](NS(=O)(=O)c4ccccc4Cl)C(=O)O)cc3)cccc12. The van der Waals surface area contributed by atoms with Crippen LogP contribution < -0.4 is 13.8 Å². The van der Waals surface area contributed by atoms with Crippen LogP contribution >= 0.6 is 11.6 Å². The third-order valence-electron chi connectivity index (χ3n) is 5.90. The van der Waals surface area contributed by atoms with Gasteiger partial charge in [0, 0.05) is 30.6 Å². The smallest absolute Gasteiger partial charge is 0.339 e. The largest absolute Gasteiger partial charge is 0.480 e. The Hall–Kier alpha value is -3.64. The summed E-state index contributed by atoms with van der Waals surface area (Å²) in [7, 11) is -4.69. The maximum absolute atomic E-state index is 13.2. The number of sulfonamides is 1. The highest BCUT2D eigenvalue weighted by atomic mass is 35.5. The molecule has 9 nitrogen and oxygen atoms in total. The van der Waals surface area contributed by atoms with Crippen molar-refractivity contribution in [1.82, 2.24) is 4.72 Å². The summed E-state index contributed by atoms with van der Waals surface area (Å²) >= 11 is 5.97. The van der Waals surface area contributed by atoms with Gasteiger partial charge in [0.05, 0.1) is 5.02 Å². The molecule has 0 heterocycles. The molecule has 0 aromatic heterocycles. The molecular formula is C27H25ClN2O7S2. The Morgan fingerprint density at radius 3 is 2.13 bits per heavy atom. The van der Waals surface area contributed by atoms with Gasteiger partial charge in [0.15, 0.2) is 0 Å². The van der Waals surface area contributed by atoms with Crippen molar-refractivity contribution in [3.05, 3.63) is 95.5 Å². The molecule has 0 unspecified atom stereocenters. The molecule has 12 heteroatoms. The van der Waals surface area contributed by atoms with E-state index in [0.717, 1.165) is 11.1 Å². The Morgan fingerprint density at radius 2 is 1.49 bits per heavy atom. The van der Waals surface area contributed by atoms with E-state index >= 15 is 0 Å². The maximum atomic E-state index is 13.2. The Morgan fingerprint density at radius 1 is 0.872 bits per heavy atom. The van der Waals surface area contributed by atoms with Crippen molar-refractivity contribution in [2.45, 2.75) is 22.3 Å². The molecule has 0 fully saturated rings. The van der Waals surface area contributed by atoms with Crippen LogP contribution in [0.5, 0.6) is 5.75 Å². The summed E-state index contributed by atoms with van der Waals surface area (Å²) in [4.78, 5) is 13.5. The highest BCUT2D eigenvalue weighted by molar-refractivity contribution is 7.89. The zero-order valence-electron chi connectivity index (χ0n) is 20.9. The van der Waals surface area contributed by atoms with Gasteiger partial charge < -0.3 is 14.2 Å². The highest BCUT2D eigenvalue weighted by Crippen LogP contribution is 2.31. The number of carboxylic acids is 1. The number of anilines is 1. The van der Waals surface area contributed by atoms with E-state index in [9.17, 15) is 26.7 Å². The third kappa shape index (κ3) is 6.34. The van der Waals surface area contributed by atoms with E-state index < -0.39 is 32.2 Å². The van der Waals surface area contributed by atoms with E-state index in [-0.39, 0.29) is 27.0 Å². The second kappa shape index (κ2) is 11.2. The van der Waals surface area contributed by atoms with Crippen molar-refractivity contribution < 1.29 is 30.9 Å². The number of carboxylic acid groups (broad SMARTS) is 1. The number of fused-ring (bicyclic) bond motifs is 1. The summed E-state index contributed by atoms with van der Waals surface area (Å²) < 4.78 is 59.3. The number of carbonyl (C=O) groups is 1. The minimum Gasteiger partial charge on any atom is -0.480 e. The van der Waals surface area contributed by atoms with Crippen molar-refractivity contribution in [3.8, 4) is 5.75 Å². The van der Waals surface area contributed by atoms with Gasteiger partial charge in [-0.2, -0.15) is 13.1 Å². The number of aliphatic carboxylic acids is 1. The second-order valence-electron chi connectivity index (χ2n) is 8.85. The molecule has 4 rings (SSSR count). The molecular weight excluding hydrogens is 564 g/mol. The molecule has 0 aliphatic rings. The molecule has 0 amide bonds. The van der Waals surface area contributed by atoms with Gasteiger partial charge in [0.1, 0.15) is 21.6 Å². The average molecular weight is 589 g/mol. The fourth-order valence-corrected chi connectivity index (χ4v) is 6.91. The van der Waals surface area contributed by atoms with Gasteiger partial charge in [-0.05, 0) is 48.4 Å². The maximum Gasteiger partial charge on any atom is 0.339 e. The molecule has 4 aromatic rings. The molecule has 0 bridgehead atoms. The van der Waals surface area contributed by atoms with Gasteiger partial charge in [-0.3, -0.25) is 4.79 Å². The van der Waals surface area contributed by atoms with Gasteiger partial charge in [0.2, 0.25) is 10.0 Å². The summed E-state index contributed by atoms with van der Waals surface area (Å²) in [5.41, 5.74) is 1.29. The summed E-state index contributed by atoms with van der Waals surface area (Å²) in [5.74, 6) is -1.37. The first kappa shape index (κ1) is 28.4. The summed E-state index contributed by atoms with van der Waals surface area (Å²) in [6.45, 7) is 0. The van der Waals surface area contributed by atoms with Crippen molar-refractivity contribution in [2.75, 3.05) is 19.0 Å². The molecule has 4 aromatic carbocycles. The van der Waals surface area contributed by atoms with Crippen molar-refractivity contribution in [2.24, 2.45) is 0 Å². The van der Waals surface area contributed by atoms with Crippen molar-refractivity contribution >= 4 is 54.2 Å². The van der Waals surface area contributed by atoms with Crippen LogP contribution in [-0.4, -0.2) is 48.0 Å². The first-order valence-corrected chi connectivity index (χ1v) is 14.9. The molecule has 2 N–H and O–H groups in total. The fraction of sp³-hybridized carbons (Fsp3) is 0.148. The van der Waals surface area contributed by atoms with Gasteiger partial charge in [-0.25, -0.2) is 8.42 Å². The van der Waals surface area contributed by atoms with Crippen LogP contribution in [0.25, 0.3) is 10.8 Å². The van der Waals surface area contributed by atoms with Gasteiger partial charge in [0.25, 0.3) is 0 Å². The standard InChI is InChI=1S/C27H25ClN2O7S2/c1-30(2)24-10-5-8-21-20(24)7-6-12-25(21)39(35,36)37-19-15-13-18(14-16-19)17-23(27(31)32)29-38(33,34)26-11-4-3-9-22(26)28/h3-16,23,29H,17H2,1-2H3,(H,31,32)/t23-/m0/s1. The Labute approximate surface area is 231 Å². The quantitative estimate of drug-likeness (QED) is 0.262. The van der Waals surface area contributed by atoms with Crippen molar-refractivity contribution in [1.29, 1.82) is 0 Å². The van der Waals surface area contributed by atoms with E-state index in [1.807, 2.05) is 31.1 Å². The number of nitrogens with zero attached hydrogens (tertiary/aromatic N) is 1. The highest BCUT2D eigenvalue weighted by Gasteiger charge is 2.27. The lowest BCUT2D eigenvalue weighted by Gasteiger charge is -2.17. The normalized spacial score (nSPS) is 12.7. The average Bonchev–Trinajstić information content (AvgIpc) is 2.88. The van der Waals surface area contributed by atoms with E-state index in [4.69, 9.17) is 15.8 Å². The molecule has 0 saturated carbocycles. The zero-order chi connectivity index (χ0) is 28.4. The molecule has 1 atom stereocenters. The third-order valence-corrected chi connectivity index (χ3v) is 9.18. The zero-order valence-corrected chi connectivity index (χ0v) is 23.3. The van der Waals surface area contributed by atoms with Crippen LogP contribution in [0, 0.1) is 0 Å². The van der Waals surface area contributed by atoms with Gasteiger partial charge in [-0.15, -0.1) is 0 Å². The first-order chi connectivity index (χ1) is 18.4. The van der Waals surface area contributed by atoms with Crippen molar-refractivity contribution in [3.63, 3.8) is 0 Å². The lowest BCUT2D eigenvalue weighted by Crippen LogP contribution is -2.42. The Balaban J connectivity index is 1.54. The lowest BCUT2D eigenvalue weighted by atomic mass is 10.1. The molecule has 204 valence electrons. The van der Waals surface area contributed by atoms with E-state index in [0.29, 0.717) is 10.9 Å². The topological polar surface area (TPSA) is 130 Å². The number of nitrogens with one attached hydrogen (secondary N) is 1. The second-order valence-corrected chi connectivity index (χ2v) is 12.5. The van der Waals surface area contributed by atoms with Gasteiger partial charge in [-0.1, -0.05) is 60.1 Å². The molecule has 0 saturated heterocycles. The predicted octanol–water partition coefficient (Wildman–Crippen LogP) is 4.30. The first-order valence-electron chi connectivity index (χ1n) is 11.6. The van der Waals surface area contributed by atoms with Crippen LogP contribution in [0.15, 0.2) is 94.7 Å². The molecule has 0 aliphatic heterocycles.